The van der Waals surface area contributed by atoms with Gasteiger partial charge in [0.1, 0.15) is 12.4 Å². The first-order valence-electron chi connectivity index (χ1n) is 4.18. The molecule has 13 heavy (non-hydrogen) atoms. The van der Waals surface area contributed by atoms with E-state index in [9.17, 15) is 0 Å². The molecule has 0 spiro atoms. The number of rotatable bonds is 5. The van der Waals surface area contributed by atoms with Gasteiger partial charge in [0.15, 0.2) is 0 Å². The van der Waals surface area contributed by atoms with Crippen molar-refractivity contribution in [2.24, 2.45) is 0 Å². The highest BCUT2D eigenvalue weighted by Crippen LogP contribution is 2.15. The van der Waals surface area contributed by atoms with Crippen LogP contribution in [0.1, 0.15) is 5.56 Å². The zero-order valence-electron chi connectivity index (χ0n) is 7.95. The fourth-order valence-electron chi connectivity index (χ4n) is 0.987. The molecule has 0 unspecified atom stereocenters. The standard InChI is InChI=1S/C10H14O2S/c1-9-5-3-4-6-10(9)11-7-8-12-13-2/h3-6H,7-8H2,1-2H3. The molecule has 0 radical (unpaired) electrons. The Kier molecular flexibility index (Phi) is 4.72. The second-order valence-corrected chi connectivity index (χ2v) is 3.17. The van der Waals surface area contributed by atoms with Crippen LogP contribution in [-0.2, 0) is 4.18 Å². The molecule has 0 atom stereocenters. The normalized spacial score (nSPS) is 10.0. The smallest absolute Gasteiger partial charge is 0.122 e. The van der Waals surface area contributed by atoms with Crippen LogP contribution in [0.15, 0.2) is 24.3 Å². The van der Waals surface area contributed by atoms with Gasteiger partial charge in [0.25, 0.3) is 0 Å². The van der Waals surface area contributed by atoms with Crippen molar-refractivity contribution in [2.75, 3.05) is 19.5 Å². The lowest BCUT2D eigenvalue weighted by Crippen LogP contribution is -2.04. The van der Waals surface area contributed by atoms with Crippen molar-refractivity contribution >= 4 is 12.0 Å². The Bertz CT molecular complexity index is 250. The molecule has 3 heteroatoms. The average molecular weight is 198 g/mol. The quantitative estimate of drug-likeness (QED) is 0.535. The van der Waals surface area contributed by atoms with E-state index < -0.39 is 0 Å². The minimum absolute atomic E-state index is 0.603. The SMILES string of the molecule is CSOCCOc1ccccc1C. The molecule has 0 amide bonds. The number of hydrogen-bond donors (Lipinski definition) is 0. The molecular formula is C10H14O2S. The highest BCUT2D eigenvalue weighted by molar-refractivity contribution is 7.93. The molecule has 1 rings (SSSR count). The van der Waals surface area contributed by atoms with Gasteiger partial charge in [-0.2, -0.15) is 0 Å². The maximum Gasteiger partial charge on any atom is 0.122 e. The van der Waals surface area contributed by atoms with Crippen molar-refractivity contribution in [2.45, 2.75) is 6.92 Å². The van der Waals surface area contributed by atoms with Gasteiger partial charge in [0, 0.05) is 6.26 Å². The Hall–Kier alpha value is -0.670. The summed E-state index contributed by atoms with van der Waals surface area (Å²) < 4.78 is 10.6. The first-order chi connectivity index (χ1) is 6.34. The summed E-state index contributed by atoms with van der Waals surface area (Å²) >= 11 is 1.36. The van der Waals surface area contributed by atoms with Crippen LogP contribution >= 0.6 is 12.0 Å². The summed E-state index contributed by atoms with van der Waals surface area (Å²) in [5.74, 6) is 0.937. The van der Waals surface area contributed by atoms with Crippen molar-refractivity contribution < 1.29 is 8.92 Å². The van der Waals surface area contributed by atoms with Crippen molar-refractivity contribution in [1.82, 2.24) is 0 Å². The first-order valence-corrected chi connectivity index (χ1v) is 5.33. The van der Waals surface area contributed by atoms with Crippen molar-refractivity contribution in [3.63, 3.8) is 0 Å². The van der Waals surface area contributed by atoms with E-state index in [0.717, 1.165) is 11.3 Å². The molecule has 0 fully saturated rings. The Morgan fingerprint density at radius 1 is 1.23 bits per heavy atom. The third-order valence-corrected chi connectivity index (χ3v) is 2.04. The van der Waals surface area contributed by atoms with Crippen LogP contribution in [0, 0.1) is 6.92 Å². The molecule has 0 aromatic heterocycles. The van der Waals surface area contributed by atoms with E-state index in [4.69, 9.17) is 8.92 Å². The molecular weight excluding hydrogens is 184 g/mol. The Balaban J connectivity index is 2.32. The number of para-hydroxylation sites is 1. The fourth-order valence-corrected chi connectivity index (χ4v) is 1.22. The summed E-state index contributed by atoms with van der Waals surface area (Å²) in [4.78, 5) is 0. The predicted molar refractivity (Wildman–Crippen MR) is 56.1 cm³/mol. The summed E-state index contributed by atoms with van der Waals surface area (Å²) in [6.45, 7) is 3.26. The lowest BCUT2D eigenvalue weighted by atomic mass is 10.2. The van der Waals surface area contributed by atoms with E-state index in [0.29, 0.717) is 13.2 Å². The van der Waals surface area contributed by atoms with Crippen LogP contribution in [0.25, 0.3) is 0 Å². The molecule has 1 aromatic carbocycles. The monoisotopic (exact) mass is 198 g/mol. The first kappa shape index (κ1) is 10.4. The van der Waals surface area contributed by atoms with Crippen LogP contribution in [0.2, 0.25) is 0 Å². The minimum atomic E-state index is 0.603. The molecule has 2 nitrogen and oxygen atoms in total. The van der Waals surface area contributed by atoms with Gasteiger partial charge in [-0.1, -0.05) is 18.2 Å². The van der Waals surface area contributed by atoms with Crippen LogP contribution in [0.5, 0.6) is 5.75 Å². The second-order valence-electron chi connectivity index (χ2n) is 2.60. The zero-order valence-corrected chi connectivity index (χ0v) is 8.76. The Morgan fingerprint density at radius 2 is 2.00 bits per heavy atom. The van der Waals surface area contributed by atoms with Crippen molar-refractivity contribution in [3.8, 4) is 5.75 Å². The third-order valence-electron chi connectivity index (χ3n) is 1.64. The number of benzene rings is 1. The van der Waals surface area contributed by atoms with E-state index in [1.807, 2.05) is 37.4 Å². The molecule has 0 N–H and O–H groups in total. The van der Waals surface area contributed by atoms with Crippen LogP contribution in [-0.4, -0.2) is 19.5 Å². The molecule has 0 aliphatic carbocycles. The van der Waals surface area contributed by atoms with Crippen LogP contribution in [0.4, 0.5) is 0 Å². The number of hydrogen-bond acceptors (Lipinski definition) is 3. The number of aryl methyl sites for hydroxylation is 1. The molecule has 72 valence electrons. The summed E-state index contributed by atoms with van der Waals surface area (Å²) in [7, 11) is 0. The molecule has 0 saturated carbocycles. The van der Waals surface area contributed by atoms with Crippen LogP contribution in [0.3, 0.4) is 0 Å². The Morgan fingerprint density at radius 3 is 2.69 bits per heavy atom. The van der Waals surface area contributed by atoms with E-state index in [1.54, 1.807) is 0 Å². The molecule has 0 saturated heterocycles. The molecule has 0 aliphatic rings. The summed E-state index contributed by atoms with van der Waals surface area (Å²) in [5.41, 5.74) is 1.16. The van der Waals surface area contributed by atoms with E-state index in [-0.39, 0.29) is 0 Å². The van der Waals surface area contributed by atoms with Gasteiger partial charge in [-0.05, 0) is 30.6 Å². The third kappa shape index (κ3) is 3.70. The highest BCUT2D eigenvalue weighted by atomic mass is 32.2. The van der Waals surface area contributed by atoms with Gasteiger partial charge >= 0.3 is 0 Å². The second kappa shape index (κ2) is 5.89. The minimum Gasteiger partial charge on any atom is -0.491 e. The van der Waals surface area contributed by atoms with E-state index in [2.05, 4.69) is 0 Å². The summed E-state index contributed by atoms with van der Waals surface area (Å²) in [5, 5.41) is 0. The fraction of sp³-hybridized carbons (Fsp3) is 0.400. The van der Waals surface area contributed by atoms with Crippen molar-refractivity contribution in [1.29, 1.82) is 0 Å². The summed E-state index contributed by atoms with van der Waals surface area (Å²) in [6, 6.07) is 7.97. The molecule has 0 aliphatic heterocycles. The van der Waals surface area contributed by atoms with Gasteiger partial charge in [0.05, 0.1) is 6.61 Å². The maximum atomic E-state index is 5.50. The lowest BCUT2D eigenvalue weighted by molar-refractivity contribution is 0.238. The predicted octanol–water partition coefficient (Wildman–Crippen LogP) is 2.67. The molecule has 0 heterocycles. The van der Waals surface area contributed by atoms with Gasteiger partial charge in [-0.15, -0.1) is 0 Å². The largest absolute Gasteiger partial charge is 0.491 e. The van der Waals surface area contributed by atoms with E-state index >= 15 is 0 Å². The van der Waals surface area contributed by atoms with Crippen LogP contribution < -0.4 is 4.74 Å². The highest BCUT2D eigenvalue weighted by Gasteiger charge is 1.96. The van der Waals surface area contributed by atoms with Gasteiger partial charge < -0.3 is 8.92 Å². The van der Waals surface area contributed by atoms with Crippen molar-refractivity contribution in [3.05, 3.63) is 29.8 Å². The lowest BCUT2D eigenvalue weighted by Gasteiger charge is -2.07. The van der Waals surface area contributed by atoms with Gasteiger partial charge in [-0.25, -0.2) is 0 Å². The van der Waals surface area contributed by atoms with Gasteiger partial charge in [-0.3, -0.25) is 0 Å². The Labute approximate surface area is 83.5 Å². The molecule has 0 bridgehead atoms. The summed E-state index contributed by atoms with van der Waals surface area (Å²) in [6.07, 6.45) is 1.90. The topological polar surface area (TPSA) is 18.5 Å². The maximum absolute atomic E-state index is 5.50. The molecule has 1 aromatic rings. The average Bonchev–Trinajstić information content (AvgIpc) is 2.15. The zero-order chi connectivity index (χ0) is 9.52. The van der Waals surface area contributed by atoms with E-state index in [1.165, 1.54) is 12.0 Å². The number of ether oxygens (including phenoxy) is 1. The van der Waals surface area contributed by atoms with Gasteiger partial charge in [0.2, 0.25) is 0 Å².